The Morgan fingerprint density at radius 2 is 1.70 bits per heavy atom. The summed E-state index contributed by atoms with van der Waals surface area (Å²) in [4.78, 5) is 36.3. The van der Waals surface area contributed by atoms with Gasteiger partial charge in [-0.1, -0.05) is 36.4 Å². The molecule has 8 nitrogen and oxygen atoms in total. The predicted molar refractivity (Wildman–Crippen MR) is 110 cm³/mol. The molecular formula is C22H23N3O5. The molecule has 4 N–H and O–H groups in total. The number of nitrogens with one attached hydrogen (secondary N) is 1. The molecule has 30 heavy (non-hydrogen) atoms. The van der Waals surface area contributed by atoms with E-state index < -0.39 is 29.7 Å². The van der Waals surface area contributed by atoms with Crippen molar-refractivity contribution >= 4 is 23.6 Å². The third kappa shape index (κ3) is 4.65. The van der Waals surface area contributed by atoms with E-state index >= 15 is 0 Å². The first-order valence-corrected chi connectivity index (χ1v) is 9.49. The van der Waals surface area contributed by atoms with Crippen molar-refractivity contribution < 1.29 is 24.2 Å². The smallest absolute Gasteiger partial charge is 0.304 e. The largest absolute Gasteiger partial charge is 0.491 e. The van der Waals surface area contributed by atoms with Gasteiger partial charge in [-0.15, -0.1) is 0 Å². The molecular weight excluding hydrogens is 386 g/mol. The van der Waals surface area contributed by atoms with Crippen molar-refractivity contribution in [2.45, 2.75) is 25.8 Å². The summed E-state index contributed by atoms with van der Waals surface area (Å²) in [6.45, 7) is 1.40. The number of hydrogen-bond acceptors (Lipinski definition) is 5. The fraction of sp³-hybridized carbons (Fsp3) is 0.273. The molecule has 8 heteroatoms. The van der Waals surface area contributed by atoms with Crippen LogP contribution in [-0.2, 0) is 14.4 Å². The highest BCUT2D eigenvalue weighted by atomic mass is 16.5. The lowest BCUT2D eigenvalue weighted by atomic mass is 10.0. The summed E-state index contributed by atoms with van der Waals surface area (Å²) in [6, 6.07) is 14.2. The van der Waals surface area contributed by atoms with Crippen molar-refractivity contribution in [1.29, 1.82) is 5.41 Å². The van der Waals surface area contributed by atoms with Crippen molar-refractivity contribution in [2.24, 2.45) is 11.7 Å². The van der Waals surface area contributed by atoms with E-state index in [1.54, 1.807) is 24.3 Å². The van der Waals surface area contributed by atoms with E-state index in [9.17, 15) is 14.4 Å². The van der Waals surface area contributed by atoms with E-state index in [1.807, 2.05) is 24.3 Å². The van der Waals surface area contributed by atoms with E-state index in [1.165, 1.54) is 6.92 Å². The summed E-state index contributed by atoms with van der Waals surface area (Å²) in [5, 5.41) is 16.4. The average molecular weight is 409 g/mol. The summed E-state index contributed by atoms with van der Waals surface area (Å²) >= 11 is 0. The van der Waals surface area contributed by atoms with Crippen LogP contribution in [-0.4, -0.2) is 46.3 Å². The van der Waals surface area contributed by atoms with Crippen molar-refractivity contribution in [3.63, 3.8) is 0 Å². The lowest BCUT2D eigenvalue weighted by Gasteiger charge is -2.21. The maximum atomic E-state index is 12.3. The Labute approximate surface area is 173 Å². The first kappa shape index (κ1) is 21.0. The number of aliphatic carboxylic acids is 1. The molecule has 1 heterocycles. The zero-order valence-corrected chi connectivity index (χ0v) is 16.5. The molecule has 2 aromatic carbocycles. The molecule has 0 radical (unpaired) electrons. The molecule has 3 rings (SSSR count). The summed E-state index contributed by atoms with van der Waals surface area (Å²) in [6.07, 6.45) is -0.0263. The summed E-state index contributed by atoms with van der Waals surface area (Å²) in [7, 11) is 0. The topological polar surface area (TPSA) is 134 Å². The molecule has 2 amide bonds. The molecule has 0 saturated carbocycles. The van der Waals surface area contributed by atoms with Gasteiger partial charge in [0.15, 0.2) is 0 Å². The second kappa shape index (κ2) is 8.77. The molecule has 2 atom stereocenters. The molecule has 0 aliphatic carbocycles. The van der Waals surface area contributed by atoms with Crippen LogP contribution in [0.1, 0.15) is 25.3 Å². The molecule has 1 aliphatic heterocycles. The van der Waals surface area contributed by atoms with Crippen LogP contribution in [0.2, 0.25) is 0 Å². The number of carbonyl (C=O) groups excluding carboxylic acids is 2. The molecule has 2 aromatic rings. The van der Waals surface area contributed by atoms with Gasteiger partial charge in [0.05, 0.1) is 18.4 Å². The zero-order valence-electron chi connectivity index (χ0n) is 16.5. The number of imide groups is 1. The first-order valence-electron chi connectivity index (χ1n) is 9.49. The van der Waals surface area contributed by atoms with Gasteiger partial charge in [-0.3, -0.25) is 24.7 Å². The maximum absolute atomic E-state index is 12.3. The third-order valence-corrected chi connectivity index (χ3v) is 5.09. The Hall–Kier alpha value is -3.68. The summed E-state index contributed by atoms with van der Waals surface area (Å²) < 4.78 is 5.78. The number of nitrogens with two attached hydrogens (primary N) is 1. The van der Waals surface area contributed by atoms with Gasteiger partial charge < -0.3 is 15.6 Å². The molecule has 1 saturated heterocycles. The fourth-order valence-electron chi connectivity index (χ4n) is 3.63. The monoisotopic (exact) mass is 409 g/mol. The Morgan fingerprint density at radius 1 is 1.13 bits per heavy atom. The normalized spacial score (nSPS) is 18.3. The van der Waals surface area contributed by atoms with Crippen molar-refractivity contribution in [2.75, 3.05) is 6.61 Å². The van der Waals surface area contributed by atoms with Crippen LogP contribution >= 0.6 is 0 Å². The highest BCUT2D eigenvalue weighted by Gasteiger charge is 2.42. The Bertz CT molecular complexity index is 969. The molecule has 1 fully saturated rings. The van der Waals surface area contributed by atoms with Crippen molar-refractivity contribution in [3.05, 3.63) is 54.1 Å². The molecule has 0 unspecified atom stereocenters. The fourth-order valence-corrected chi connectivity index (χ4v) is 3.63. The SMILES string of the molecule is CC(=O)N1C(=O)[C@@H](CC(=O)O)C[C@@H]1COc1ccc(-c2ccc(C(=N)N)cc2)cc1. The number of nitrogens with zero attached hydrogens (tertiary/aromatic N) is 1. The Morgan fingerprint density at radius 3 is 2.20 bits per heavy atom. The number of carbonyl (C=O) groups is 3. The van der Waals surface area contributed by atoms with Gasteiger partial charge in [0.25, 0.3) is 0 Å². The minimum Gasteiger partial charge on any atom is -0.491 e. The number of rotatable bonds is 7. The second-order valence-corrected chi connectivity index (χ2v) is 7.24. The average Bonchev–Trinajstić information content (AvgIpc) is 3.01. The van der Waals surface area contributed by atoms with Gasteiger partial charge in [0.2, 0.25) is 11.8 Å². The number of carboxylic acids is 1. The quantitative estimate of drug-likeness (QED) is 0.474. The van der Waals surface area contributed by atoms with Gasteiger partial charge in [-0.2, -0.15) is 0 Å². The van der Waals surface area contributed by atoms with Crippen molar-refractivity contribution in [3.8, 4) is 16.9 Å². The van der Waals surface area contributed by atoms with Crippen LogP contribution in [0.3, 0.4) is 0 Å². The summed E-state index contributed by atoms with van der Waals surface area (Å²) in [5.41, 5.74) is 8.05. The van der Waals surface area contributed by atoms with Crippen LogP contribution in [0.4, 0.5) is 0 Å². The van der Waals surface area contributed by atoms with Crippen LogP contribution in [0.5, 0.6) is 5.75 Å². The van der Waals surface area contributed by atoms with E-state index in [-0.39, 0.29) is 25.3 Å². The second-order valence-electron chi connectivity index (χ2n) is 7.24. The van der Waals surface area contributed by atoms with Gasteiger partial charge in [-0.25, -0.2) is 0 Å². The van der Waals surface area contributed by atoms with Gasteiger partial charge >= 0.3 is 5.97 Å². The first-order chi connectivity index (χ1) is 14.3. The minimum absolute atomic E-state index is 0.0147. The van der Waals surface area contributed by atoms with Crippen LogP contribution in [0, 0.1) is 11.3 Å². The van der Waals surface area contributed by atoms with Crippen molar-refractivity contribution in [1.82, 2.24) is 4.90 Å². The molecule has 0 aromatic heterocycles. The zero-order chi connectivity index (χ0) is 21.8. The highest BCUT2D eigenvalue weighted by Crippen LogP contribution is 2.29. The number of benzene rings is 2. The third-order valence-electron chi connectivity index (χ3n) is 5.09. The van der Waals surface area contributed by atoms with Crippen LogP contribution < -0.4 is 10.5 Å². The molecule has 1 aliphatic rings. The number of ether oxygens (including phenoxy) is 1. The van der Waals surface area contributed by atoms with Gasteiger partial charge in [0, 0.05) is 12.5 Å². The number of carboxylic acid groups (broad SMARTS) is 1. The Balaban J connectivity index is 1.65. The lowest BCUT2D eigenvalue weighted by molar-refractivity contribution is -0.147. The maximum Gasteiger partial charge on any atom is 0.304 e. The van der Waals surface area contributed by atoms with Gasteiger partial charge in [0.1, 0.15) is 18.2 Å². The number of amides is 2. The van der Waals surface area contributed by atoms with E-state index in [0.29, 0.717) is 11.3 Å². The van der Waals surface area contributed by atoms with E-state index in [2.05, 4.69) is 0 Å². The van der Waals surface area contributed by atoms with E-state index in [4.69, 9.17) is 21.0 Å². The lowest BCUT2D eigenvalue weighted by Crippen LogP contribution is -2.40. The van der Waals surface area contributed by atoms with Crippen LogP contribution in [0.25, 0.3) is 11.1 Å². The minimum atomic E-state index is -1.06. The number of hydrogen-bond donors (Lipinski definition) is 3. The molecule has 0 bridgehead atoms. The number of nitrogen functional groups attached to an aromatic ring is 1. The molecule has 0 spiro atoms. The van der Waals surface area contributed by atoms with Crippen LogP contribution in [0.15, 0.2) is 48.5 Å². The van der Waals surface area contributed by atoms with E-state index in [0.717, 1.165) is 16.0 Å². The highest BCUT2D eigenvalue weighted by molar-refractivity contribution is 5.98. The number of amidine groups is 1. The number of likely N-dealkylation sites (tertiary alicyclic amines) is 1. The molecule has 156 valence electrons. The standard InChI is InChI=1S/C22H23N3O5/c1-13(26)25-18(10-17(22(25)29)11-20(27)28)12-30-19-8-6-15(7-9-19)14-2-4-16(5-3-14)21(23)24/h2-9,17-18H,10-12H2,1H3,(H3,23,24)(H,27,28)/t17-,18-/m1/s1. The summed E-state index contributed by atoms with van der Waals surface area (Å²) in [5.74, 6) is -2.04. The van der Waals surface area contributed by atoms with Gasteiger partial charge in [-0.05, 0) is 29.7 Å². The Kier molecular flexibility index (Phi) is 6.15. The predicted octanol–water partition coefficient (Wildman–Crippen LogP) is 2.25.